The number of alkyl halides is 3. The Morgan fingerprint density at radius 3 is 2.18 bits per heavy atom. The average molecular weight is 249 g/mol. The lowest BCUT2D eigenvalue weighted by molar-refractivity contribution is -0.544. The largest absolute Gasteiger partial charge is 0.416 e. The molecule has 1 amide bonds. The summed E-state index contributed by atoms with van der Waals surface area (Å²) in [6, 6.07) is 3.31. The Kier molecular flexibility index (Phi) is 3.51. The molecule has 0 atom stereocenters. The zero-order valence-electron chi connectivity index (χ0n) is 8.14. The van der Waals surface area contributed by atoms with Gasteiger partial charge in [-0.2, -0.15) is 18.2 Å². The van der Waals surface area contributed by atoms with Gasteiger partial charge < -0.3 is 0 Å². The summed E-state index contributed by atoms with van der Waals surface area (Å²) in [6.07, 6.45) is -4.42. The SMILES string of the molecule is O=CN(N[N+](=O)[O-])c1ccc(C(F)(F)F)cc1. The molecular weight excluding hydrogens is 243 g/mol. The molecule has 1 N–H and O–H groups in total. The van der Waals surface area contributed by atoms with Gasteiger partial charge in [0, 0.05) is 0 Å². The Labute approximate surface area is 92.7 Å². The van der Waals surface area contributed by atoms with Crippen molar-refractivity contribution in [3.63, 3.8) is 0 Å². The Hall–Kier alpha value is -2.32. The summed E-state index contributed by atoms with van der Waals surface area (Å²) in [4.78, 5) is 20.5. The summed E-state index contributed by atoms with van der Waals surface area (Å²) in [5.41, 5.74) is 0.522. The molecule has 0 fully saturated rings. The van der Waals surface area contributed by atoms with Crippen LogP contribution in [0.15, 0.2) is 24.3 Å². The van der Waals surface area contributed by atoms with E-state index in [9.17, 15) is 28.1 Å². The molecule has 0 aliphatic rings. The molecule has 6 nitrogen and oxygen atoms in total. The van der Waals surface area contributed by atoms with Crippen molar-refractivity contribution in [2.24, 2.45) is 0 Å². The molecule has 0 unspecified atom stereocenters. The first-order valence-electron chi connectivity index (χ1n) is 4.17. The van der Waals surface area contributed by atoms with Gasteiger partial charge in [0.2, 0.25) is 6.41 Å². The smallest absolute Gasteiger partial charge is 0.276 e. The van der Waals surface area contributed by atoms with E-state index in [0.717, 1.165) is 12.1 Å². The van der Waals surface area contributed by atoms with Crippen molar-refractivity contribution in [1.82, 2.24) is 5.53 Å². The van der Waals surface area contributed by atoms with Gasteiger partial charge in [-0.3, -0.25) is 4.79 Å². The minimum absolute atomic E-state index is 0.0748. The molecule has 0 radical (unpaired) electrons. The van der Waals surface area contributed by atoms with Crippen LogP contribution < -0.4 is 10.5 Å². The lowest BCUT2D eigenvalue weighted by Gasteiger charge is -2.13. The molecule has 0 spiro atoms. The number of halogens is 3. The second-order valence-corrected chi connectivity index (χ2v) is 2.88. The van der Waals surface area contributed by atoms with Crippen LogP contribution >= 0.6 is 0 Å². The summed E-state index contributed by atoms with van der Waals surface area (Å²) >= 11 is 0. The topological polar surface area (TPSA) is 75.5 Å². The van der Waals surface area contributed by atoms with Gasteiger partial charge in [0.15, 0.2) is 5.03 Å². The second kappa shape index (κ2) is 4.68. The van der Waals surface area contributed by atoms with Crippen molar-refractivity contribution in [3.05, 3.63) is 39.9 Å². The minimum Gasteiger partial charge on any atom is -0.276 e. The minimum atomic E-state index is -4.50. The number of carbonyl (C=O) groups excluding carboxylic acids is 1. The van der Waals surface area contributed by atoms with E-state index in [1.54, 1.807) is 0 Å². The number of carbonyl (C=O) groups is 1. The van der Waals surface area contributed by atoms with Crippen LogP contribution in [0.25, 0.3) is 0 Å². The van der Waals surface area contributed by atoms with Crippen LogP contribution in [0.2, 0.25) is 0 Å². The van der Waals surface area contributed by atoms with E-state index in [-0.39, 0.29) is 12.1 Å². The lowest BCUT2D eigenvalue weighted by Crippen LogP contribution is -2.40. The number of hydrazine groups is 2. The normalized spacial score (nSPS) is 10.8. The number of amides is 1. The van der Waals surface area contributed by atoms with E-state index >= 15 is 0 Å². The monoisotopic (exact) mass is 249 g/mol. The molecular formula is C8H6F3N3O3. The summed E-state index contributed by atoms with van der Waals surface area (Å²) in [5.74, 6) is 0. The fourth-order valence-corrected chi connectivity index (χ4v) is 1.04. The van der Waals surface area contributed by atoms with Crippen LogP contribution in [-0.2, 0) is 11.0 Å². The van der Waals surface area contributed by atoms with Gasteiger partial charge in [0.25, 0.3) is 0 Å². The van der Waals surface area contributed by atoms with Crippen molar-refractivity contribution < 1.29 is 23.0 Å². The van der Waals surface area contributed by atoms with E-state index < -0.39 is 16.8 Å². The highest BCUT2D eigenvalue weighted by Crippen LogP contribution is 2.30. The Morgan fingerprint density at radius 1 is 1.29 bits per heavy atom. The maximum atomic E-state index is 12.2. The zero-order chi connectivity index (χ0) is 13.1. The summed E-state index contributed by atoms with van der Waals surface area (Å²) < 4.78 is 36.6. The zero-order valence-corrected chi connectivity index (χ0v) is 8.14. The molecule has 0 saturated heterocycles. The number of nitro groups is 1. The van der Waals surface area contributed by atoms with Crippen LogP contribution in [0.5, 0.6) is 0 Å². The number of rotatable bonds is 4. The van der Waals surface area contributed by atoms with Gasteiger partial charge in [0.05, 0.1) is 11.3 Å². The Bertz CT molecular complexity index is 418. The van der Waals surface area contributed by atoms with Gasteiger partial charge >= 0.3 is 6.18 Å². The van der Waals surface area contributed by atoms with Crippen LogP contribution in [0.4, 0.5) is 18.9 Å². The number of nitrogens with one attached hydrogen (secondary N) is 1. The Morgan fingerprint density at radius 2 is 1.82 bits per heavy atom. The van der Waals surface area contributed by atoms with E-state index in [0.29, 0.717) is 17.1 Å². The fraction of sp³-hybridized carbons (Fsp3) is 0.125. The number of benzene rings is 1. The first-order chi connectivity index (χ1) is 7.84. The maximum Gasteiger partial charge on any atom is 0.416 e. The molecule has 0 aliphatic carbocycles. The molecule has 17 heavy (non-hydrogen) atoms. The second-order valence-electron chi connectivity index (χ2n) is 2.88. The standard InChI is InChI=1S/C8H6F3N3O3/c9-8(10,11)6-1-3-7(4-2-6)13(5-15)12-14(16)17/h1-5,12H. The molecule has 1 aromatic carbocycles. The van der Waals surface area contributed by atoms with Gasteiger partial charge in [-0.1, -0.05) is 0 Å². The lowest BCUT2D eigenvalue weighted by atomic mass is 10.2. The Balaban J connectivity index is 2.93. The highest BCUT2D eigenvalue weighted by Gasteiger charge is 2.30. The highest BCUT2D eigenvalue weighted by molar-refractivity contribution is 5.73. The summed E-state index contributed by atoms with van der Waals surface area (Å²) in [7, 11) is 0. The molecule has 1 rings (SSSR count). The van der Waals surface area contributed by atoms with Crippen LogP contribution in [0.1, 0.15) is 5.56 Å². The van der Waals surface area contributed by atoms with Crippen molar-refractivity contribution in [2.75, 3.05) is 5.01 Å². The van der Waals surface area contributed by atoms with E-state index in [1.165, 1.54) is 5.53 Å². The van der Waals surface area contributed by atoms with Crippen molar-refractivity contribution in [2.45, 2.75) is 6.18 Å². The number of hydrogen-bond donors (Lipinski definition) is 1. The number of hydrogen-bond acceptors (Lipinski definition) is 3. The van der Waals surface area contributed by atoms with Crippen LogP contribution in [-0.4, -0.2) is 11.4 Å². The van der Waals surface area contributed by atoms with Crippen LogP contribution in [0, 0.1) is 10.1 Å². The molecule has 92 valence electrons. The van der Waals surface area contributed by atoms with E-state index in [2.05, 4.69) is 0 Å². The summed E-state index contributed by atoms with van der Waals surface area (Å²) in [6.45, 7) is 0. The van der Waals surface area contributed by atoms with Crippen LogP contribution in [0.3, 0.4) is 0 Å². The molecule has 1 aromatic rings. The van der Waals surface area contributed by atoms with Gasteiger partial charge in [0.1, 0.15) is 0 Å². The number of nitrogens with zero attached hydrogens (tertiary/aromatic N) is 2. The molecule has 0 aromatic heterocycles. The van der Waals surface area contributed by atoms with E-state index in [1.807, 2.05) is 0 Å². The third-order valence-corrected chi connectivity index (χ3v) is 1.77. The predicted octanol–water partition coefficient (Wildman–Crippen LogP) is 1.36. The highest BCUT2D eigenvalue weighted by atomic mass is 19.4. The number of anilines is 1. The first-order valence-corrected chi connectivity index (χ1v) is 4.17. The molecule has 9 heteroatoms. The first kappa shape index (κ1) is 12.7. The predicted molar refractivity (Wildman–Crippen MR) is 50.1 cm³/mol. The van der Waals surface area contributed by atoms with E-state index in [4.69, 9.17) is 0 Å². The quantitative estimate of drug-likeness (QED) is 0.496. The van der Waals surface area contributed by atoms with Gasteiger partial charge in [-0.05, 0) is 29.8 Å². The summed E-state index contributed by atoms with van der Waals surface area (Å²) in [5, 5.41) is 9.52. The van der Waals surface area contributed by atoms with Gasteiger partial charge in [-0.25, -0.2) is 10.1 Å². The molecule has 0 aliphatic heterocycles. The maximum absolute atomic E-state index is 12.2. The van der Waals surface area contributed by atoms with Crippen molar-refractivity contribution in [3.8, 4) is 0 Å². The van der Waals surface area contributed by atoms with Crippen molar-refractivity contribution in [1.29, 1.82) is 0 Å². The molecule has 0 saturated carbocycles. The third kappa shape index (κ3) is 3.33. The average Bonchev–Trinajstić information content (AvgIpc) is 2.24. The fourth-order valence-electron chi connectivity index (χ4n) is 1.04. The third-order valence-electron chi connectivity index (χ3n) is 1.77. The molecule has 0 bridgehead atoms. The van der Waals surface area contributed by atoms with Gasteiger partial charge in [-0.15, -0.1) is 0 Å². The molecule has 0 heterocycles. The van der Waals surface area contributed by atoms with Crippen molar-refractivity contribution >= 4 is 12.1 Å².